The minimum atomic E-state index is -2.82. The first-order valence-electron chi connectivity index (χ1n) is 16.1. The lowest BCUT2D eigenvalue weighted by molar-refractivity contribution is -0.130. The molecule has 1 saturated heterocycles. The summed E-state index contributed by atoms with van der Waals surface area (Å²) in [6.45, 7) is 3.09. The van der Waals surface area contributed by atoms with Gasteiger partial charge in [0.1, 0.15) is 23.9 Å². The molecule has 2 fully saturated rings. The van der Waals surface area contributed by atoms with Crippen LogP contribution in [0.3, 0.4) is 0 Å². The molecular formula is C31H39ClF2N10O4. The number of anilines is 2. The zero-order valence-corrected chi connectivity index (χ0v) is 27.4. The van der Waals surface area contributed by atoms with Crippen molar-refractivity contribution in [1.82, 2.24) is 44.9 Å². The number of morpholine rings is 1. The van der Waals surface area contributed by atoms with Gasteiger partial charge in [-0.1, -0.05) is 17.7 Å². The summed E-state index contributed by atoms with van der Waals surface area (Å²) in [5, 5.41) is 19.7. The smallest absolute Gasteiger partial charge is 0.345 e. The first kappa shape index (κ1) is 33.9. The number of hydrogen-bond acceptors (Lipinski definition) is 12. The molecule has 0 spiro atoms. The van der Waals surface area contributed by atoms with Crippen LogP contribution in [0, 0.1) is 0 Å². The summed E-state index contributed by atoms with van der Waals surface area (Å²) in [6, 6.07) is 7.98. The molecule has 1 aliphatic heterocycles. The van der Waals surface area contributed by atoms with E-state index in [0.717, 1.165) is 57.6 Å². The van der Waals surface area contributed by atoms with Crippen LogP contribution >= 0.6 is 11.6 Å². The summed E-state index contributed by atoms with van der Waals surface area (Å²) < 4.78 is 50.3. The predicted molar refractivity (Wildman–Crippen MR) is 172 cm³/mol. The quantitative estimate of drug-likeness (QED) is 0.168. The maximum atomic E-state index is 12.4. The Bertz CT molecular complexity index is 1580. The number of nitrogens with one attached hydrogen (secondary N) is 1. The highest BCUT2D eigenvalue weighted by Crippen LogP contribution is 2.35. The highest BCUT2D eigenvalue weighted by Gasteiger charge is 2.29. The van der Waals surface area contributed by atoms with Crippen LogP contribution in [-0.4, -0.2) is 103 Å². The fourth-order valence-electron chi connectivity index (χ4n) is 6.02. The summed E-state index contributed by atoms with van der Waals surface area (Å²) in [5.41, 5.74) is 1.99. The Morgan fingerprint density at radius 2 is 1.90 bits per heavy atom. The number of halogens is 3. The maximum absolute atomic E-state index is 12.4. The molecule has 14 nitrogen and oxygen atoms in total. The highest BCUT2D eigenvalue weighted by molar-refractivity contribution is 6.32. The van der Waals surface area contributed by atoms with E-state index in [9.17, 15) is 8.78 Å². The lowest BCUT2D eigenvalue weighted by Gasteiger charge is -2.38. The molecule has 1 saturated carbocycles. The molecule has 3 aromatic heterocycles. The second-order valence-corrected chi connectivity index (χ2v) is 12.2. The van der Waals surface area contributed by atoms with Crippen molar-refractivity contribution in [2.24, 2.45) is 0 Å². The van der Waals surface area contributed by atoms with E-state index in [-0.39, 0.29) is 31.8 Å². The number of alkyl halides is 2. The Labute approximate surface area is 281 Å². The monoisotopic (exact) mass is 688 g/mol. The van der Waals surface area contributed by atoms with Crippen LogP contribution in [-0.2, 0) is 16.0 Å². The van der Waals surface area contributed by atoms with E-state index in [1.54, 1.807) is 23.0 Å². The number of rotatable bonds is 15. The standard InChI is InChI=1S/C31H39ClF2N10O4/c1-21(18-43-20-36-40-41-43)48-28-17-22(3-8-25(28)32)26-9-10-35-31(37-26)38-27-19-44(39-29(27)46-13-2-14-47-30(33)34)24-6-4-23(5-7-24)42-11-15-45-16-12-42/h3,8-10,17,19-21,23-24,30H,2,4-7,11-16,18H2,1H3,(H,35,37,38)/t21-,23?,24?/m0/s1. The van der Waals surface area contributed by atoms with Crippen molar-refractivity contribution in [1.29, 1.82) is 0 Å². The Balaban J connectivity index is 1.15. The maximum Gasteiger partial charge on any atom is 0.345 e. The molecular weight excluding hydrogens is 650 g/mol. The average Bonchev–Trinajstić information content (AvgIpc) is 3.76. The summed E-state index contributed by atoms with van der Waals surface area (Å²) in [4.78, 5) is 11.7. The first-order chi connectivity index (χ1) is 23.4. The van der Waals surface area contributed by atoms with E-state index in [1.165, 1.54) is 6.33 Å². The van der Waals surface area contributed by atoms with Gasteiger partial charge < -0.3 is 24.3 Å². The fourth-order valence-corrected chi connectivity index (χ4v) is 6.18. The molecule has 17 heteroatoms. The molecule has 0 bridgehead atoms. The Morgan fingerprint density at radius 1 is 1.08 bits per heavy atom. The van der Waals surface area contributed by atoms with Crippen molar-refractivity contribution in [3.8, 4) is 22.9 Å². The van der Waals surface area contributed by atoms with Crippen molar-refractivity contribution < 1.29 is 27.7 Å². The van der Waals surface area contributed by atoms with Gasteiger partial charge in [0.05, 0.1) is 55.9 Å². The minimum Gasteiger partial charge on any atom is -0.487 e. The molecule has 2 aliphatic rings. The van der Waals surface area contributed by atoms with Gasteiger partial charge in [-0.15, -0.1) is 10.2 Å². The van der Waals surface area contributed by atoms with Gasteiger partial charge >= 0.3 is 6.61 Å². The number of hydrogen-bond donors (Lipinski definition) is 1. The minimum absolute atomic E-state index is 0.124. The lowest BCUT2D eigenvalue weighted by atomic mass is 9.90. The van der Waals surface area contributed by atoms with Crippen LogP contribution in [0.5, 0.6) is 11.6 Å². The molecule has 4 heterocycles. The van der Waals surface area contributed by atoms with E-state index in [1.807, 2.05) is 29.9 Å². The van der Waals surface area contributed by atoms with E-state index in [4.69, 9.17) is 35.9 Å². The van der Waals surface area contributed by atoms with Crippen LogP contribution in [0.25, 0.3) is 11.3 Å². The van der Waals surface area contributed by atoms with E-state index in [0.29, 0.717) is 46.6 Å². The second kappa shape index (κ2) is 16.4. The summed E-state index contributed by atoms with van der Waals surface area (Å²) in [6.07, 6.45) is 9.20. The van der Waals surface area contributed by atoms with E-state index >= 15 is 0 Å². The summed E-state index contributed by atoms with van der Waals surface area (Å²) >= 11 is 6.46. The molecule has 4 aromatic rings. The van der Waals surface area contributed by atoms with Gasteiger partial charge in [0.15, 0.2) is 0 Å². The van der Waals surface area contributed by atoms with E-state index in [2.05, 4.69) is 35.5 Å². The van der Waals surface area contributed by atoms with Crippen molar-refractivity contribution in [2.75, 3.05) is 44.8 Å². The largest absolute Gasteiger partial charge is 0.487 e. The zero-order valence-electron chi connectivity index (χ0n) is 26.6. The number of ether oxygens (including phenoxy) is 4. The first-order valence-corrected chi connectivity index (χ1v) is 16.5. The van der Waals surface area contributed by atoms with Gasteiger partial charge in [0.2, 0.25) is 5.95 Å². The van der Waals surface area contributed by atoms with Crippen molar-refractivity contribution in [3.63, 3.8) is 0 Å². The van der Waals surface area contributed by atoms with Gasteiger partial charge in [-0.05, 0) is 61.2 Å². The molecule has 1 aliphatic carbocycles. The number of aromatic nitrogens is 8. The average molecular weight is 689 g/mol. The summed E-state index contributed by atoms with van der Waals surface area (Å²) in [5.74, 6) is 1.17. The van der Waals surface area contributed by atoms with Gasteiger partial charge in [-0.2, -0.15) is 8.78 Å². The van der Waals surface area contributed by atoms with Crippen LogP contribution in [0.15, 0.2) is 43.0 Å². The van der Waals surface area contributed by atoms with Gasteiger partial charge in [-0.3, -0.25) is 9.58 Å². The second-order valence-electron chi connectivity index (χ2n) is 11.8. The molecule has 0 amide bonds. The number of nitrogens with zero attached hydrogens (tertiary/aromatic N) is 9. The van der Waals surface area contributed by atoms with E-state index < -0.39 is 6.61 Å². The Morgan fingerprint density at radius 3 is 2.67 bits per heavy atom. The third kappa shape index (κ3) is 9.12. The lowest BCUT2D eigenvalue weighted by Crippen LogP contribution is -2.45. The summed E-state index contributed by atoms with van der Waals surface area (Å²) in [7, 11) is 0. The molecule has 48 heavy (non-hydrogen) atoms. The van der Waals surface area contributed by atoms with Crippen molar-refractivity contribution >= 4 is 23.2 Å². The molecule has 0 radical (unpaired) electrons. The third-order valence-corrected chi connectivity index (χ3v) is 8.68. The van der Waals surface area contributed by atoms with Gasteiger partial charge in [0.25, 0.3) is 5.88 Å². The number of tetrazole rings is 1. The predicted octanol–water partition coefficient (Wildman–Crippen LogP) is 5.02. The molecule has 6 rings (SSSR count). The Kier molecular flexibility index (Phi) is 11.6. The van der Waals surface area contributed by atoms with Crippen molar-refractivity contribution in [3.05, 3.63) is 48.0 Å². The van der Waals surface area contributed by atoms with Crippen LogP contribution < -0.4 is 14.8 Å². The van der Waals surface area contributed by atoms with Gasteiger partial charge in [-0.25, -0.2) is 14.6 Å². The Hall–Kier alpha value is -3.99. The highest BCUT2D eigenvalue weighted by atomic mass is 35.5. The third-order valence-electron chi connectivity index (χ3n) is 8.36. The van der Waals surface area contributed by atoms with Crippen LogP contribution in [0.1, 0.15) is 45.1 Å². The normalized spacial score (nSPS) is 19.4. The van der Waals surface area contributed by atoms with Crippen molar-refractivity contribution in [2.45, 2.75) is 70.4 Å². The molecule has 0 unspecified atom stereocenters. The topological polar surface area (TPSA) is 139 Å². The number of benzene rings is 1. The molecule has 1 atom stereocenters. The fraction of sp³-hybridized carbons (Fsp3) is 0.548. The molecule has 1 N–H and O–H groups in total. The van der Waals surface area contributed by atoms with Gasteiger partial charge in [0, 0.05) is 37.3 Å². The molecule has 1 aromatic carbocycles. The zero-order chi connectivity index (χ0) is 33.3. The van der Waals surface area contributed by atoms with Crippen LogP contribution in [0.4, 0.5) is 20.4 Å². The molecule has 258 valence electrons. The van der Waals surface area contributed by atoms with Crippen LogP contribution in [0.2, 0.25) is 5.02 Å². The SMILES string of the molecule is C[C@@H](Cn1cnnn1)Oc1cc(-c2ccnc(Nc3cn(C4CCC(N5CCOCC5)CC4)nc3OCCCOC(F)F)n2)ccc1Cl.